The first-order valence-electron chi connectivity index (χ1n) is 5.69. The van der Waals surface area contributed by atoms with E-state index in [1.165, 1.54) is 27.4 Å². The van der Waals surface area contributed by atoms with Gasteiger partial charge in [0.05, 0.1) is 27.0 Å². The summed E-state index contributed by atoms with van der Waals surface area (Å²) in [4.78, 5) is 10.9. The van der Waals surface area contributed by atoms with Crippen LogP contribution in [0.4, 0.5) is 0 Å². The summed E-state index contributed by atoms with van der Waals surface area (Å²) in [6.07, 6.45) is 0. The van der Waals surface area contributed by atoms with Gasteiger partial charge in [0, 0.05) is 5.56 Å². The minimum atomic E-state index is -1.07. The van der Waals surface area contributed by atoms with Crippen molar-refractivity contribution in [2.75, 3.05) is 21.3 Å². The van der Waals surface area contributed by atoms with Gasteiger partial charge in [0.1, 0.15) is 5.69 Å². The van der Waals surface area contributed by atoms with Crippen molar-refractivity contribution in [3.8, 4) is 28.5 Å². The summed E-state index contributed by atoms with van der Waals surface area (Å²) in [6, 6.07) is 4.83. The molecule has 2 N–H and O–H groups in total. The van der Waals surface area contributed by atoms with Crippen LogP contribution in [-0.2, 0) is 0 Å². The summed E-state index contributed by atoms with van der Waals surface area (Å²) in [5, 5.41) is 15.3. The molecular weight excluding hydrogens is 264 g/mol. The van der Waals surface area contributed by atoms with Crippen molar-refractivity contribution in [2.24, 2.45) is 0 Å². The molecule has 0 bridgehead atoms. The van der Waals surface area contributed by atoms with Gasteiger partial charge in [-0.15, -0.1) is 0 Å². The van der Waals surface area contributed by atoms with Crippen molar-refractivity contribution in [2.45, 2.75) is 0 Å². The number of aromatic amines is 1. The molecular formula is C13H14N2O5. The predicted molar refractivity (Wildman–Crippen MR) is 70.6 cm³/mol. The number of H-pyrrole nitrogens is 1. The SMILES string of the molecule is COc1cc(-c2cc(C(=O)O)[nH]n2)cc(OC)c1OC. The fraction of sp³-hybridized carbons (Fsp3) is 0.231. The molecule has 0 aliphatic carbocycles. The third-order valence-corrected chi connectivity index (χ3v) is 2.77. The molecule has 0 atom stereocenters. The monoisotopic (exact) mass is 278 g/mol. The quantitative estimate of drug-likeness (QED) is 0.866. The van der Waals surface area contributed by atoms with Crippen molar-refractivity contribution >= 4 is 5.97 Å². The second-order valence-corrected chi connectivity index (χ2v) is 3.89. The maximum Gasteiger partial charge on any atom is 0.353 e. The average Bonchev–Trinajstić information content (AvgIpc) is 2.95. The summed E-state index contributed by atoms with van der Waals surface area (Å²) < 4.78 is 15.7. The number of methoxy groups -OCH3 is 3. The molecule has 0 amide bonds. The number of hydrogen-bond donors (Lipinski definition) is 2. The number of benzene rings is 1. The normalized spacial score (nSPS) is 10.2. The molecule has 2 rings (SSSR count). The predicted octanol–water partition coefficient (Wildman–Crippen LogP) is 1.80. The standard InChI is InChI=1S/C13H14N2O5/c1-18-10-4-7(5-11(19-2)12(10)20-3)8-6-9(13(16)17)15-14-8/h4-6H,1-3H3,(H,14,15)(H,16,17). The van der Waals surface area contributed by atoms with Crippen LogP contribution in [0, 0.1) is 0 Å². The third kappa shape index (κ3) is 2.37. The van der Waals surface area contributed by atoms with Crippen molar-refractivity contribution in [1.82, 2.24) is 10.2 Å². The molecule has 1 aromatic carbocycles. The minimum Gasteiger partial charge on any atom is -0.493 e. The highest BCUT2D eigenvalue weighted by atomic mass is 16.5. The fourth-order valence-electron chi connectivity index (χ4n) is 1.81. The Labute approximate surface area is 115 Å². The van der Waals surface area contributed by atoms with Crippen LogP contribution >= 0.6 is 0 Å². The van der Waals surface area contributed by atoms with Gasteiger partial charge in [0.15, 0.2) is 11.5 Å². The van der Waals surface area contributed by atoms with Crippen molar-refractivity contribution < 1.29 is 24.1 Å². The molecule has 20 heavy (non-hydrogen) atoms. The number of aromatic carboxylic acids is 1. The van der Waals surface area contributed by atoms with E-state index in [1.54, 1.807) is 12.1 Å². The van der Waals surface area contributed by atoms with Crippen LogP contribution in [0.5, 0.6) is 17.2 Å². The van der Waals surface area contributed by atoms with Crippen LogP contribution < -0.4 is 14.2 Å². The molecule has 0 saturated carbocycles. The molecule has 7 nitrogen and oxygen atoms in total. The molecule has 106 valence electrons. The summed E-state index contributed by atoms with van der Waals surface area (Å²) >= 11 is 0. The first kappa shape index (κ1) is 13.7. The van der Waals surface area contributed by atoms with Gasteiger partial charge in [0.2, 0.25) is 5.75 Å². The Hall–Kier alpha value is -2.70. The molecule has 0 spiro atoms. The number of aromatic nitrogens is 2. The van der Waals surface area contributed by atoms with Crippen LogP contribution in [0.2, 0.25) is 0 Å². The largest absolute Gasteiger partial charge is 0.493 e. The van der Waals surface area contributed by atoms with Gasteiger partial charge in [-0.1, -0.05) is 0 Å². The van der Waals surface area contributed by atoms with Crippen LogP contribution in [0.3, 0.4) is 0 Å². The number of hydrogen-bond acceptors (Lipinski definition) is 5. The number of carboxylic acid groups (broad SMARTS) is 1. The van der Waals surface area contributed by atoms with E-state index in [4.69, 9.17) is 19.3 Å². The fourth-order valence-corrected chi connectivity index (χ4v) is 1.81. The van der Waals surface area contributed by atoms with Gasteiger partial charge in [-0.25, -0.2) is 4.79 Å². The Kier molecular flexibility index (Phi) is 3.79. The molecule has 2 aromatic rings. The summed E-state index contributed by atoms with van der Waals surface area (Å²) in [5.74, 6) is 0.340. The van der Waals surface area contributed by atoms with E-state index in [9.17, 15) is 4.79 Å². The minimum absolute atomic E-state index is 0.00810. The van der Waals surface area contributed by atoms with Crippen LogP contribution in [0.15, 0.2) is 18.2 Å². The number of carboxylic acids is 1. The number of ether oxygens (including phenoxy) is 3. The lowest BCUT2D eigenvalue weighted by Crippen LogP contribution is -1.95. The zero-order valence-corrected chi connectivity index (χ0v) is 11.3. The summed E-state index contributed by atoms with van der Waals surface area (Å²) in [6.45, 7) is 0. The molecule has 0 fully saturated rings. The Morgan fingerprint density at radius 2 is 1.70 bits per heavy atom. The van der Waals surface area contributed by atoms with Gasteiger partial charge < -0.3 is 19.3 Å². The van der Waals surface area contributed by atoms with E-state index in [2.05, 4.69) is 10.2 Å². The zero-order chi connectivity index (χ0) is 14.7. The van der Waals surface area contributed by atoms with Gasteiger partial charge in [-0.3, -0.25) is 5.10 Å². The highest BCUT2D eigenvalue weighted by molar-refractivity contribution is 5.87. The first-order valence-corrected chi connectivity index (χ1v) is 5.69. The number of rotatable bonds is 5. The van der Waals surface area contributed by atoms with Gasteiger partial charge >= 0.3 is 5.97 Å². The van der Waals surface area contributed by atoms with Gasteiger partial charge in [-0.2, -0.15) is 5.10 Å². The Bertz CT molecular complexity index is 610. The molecule has 0 aliphatic heterocycles. The van der Waals surface area contributed by atoms with Crippen molar-refractivity contribution in [3.63, 3.8) is 0 Å². The number of carbonyl (C=O) groups is 1. The lowest BCUT2D eigenvalue weighted by Gasteiger charge is -2.13. The molecule has 1 aromatic heterocycles. The van der Waals surface area contributed by atoms with Crippen LogP contribution in [0.25, 0.3) is 11.3 Å². The first-order chi connectivity index (χ1) is 9.60. The van der Waals surface area contributed by atoms with E-state index in [1.807, 2.05) is 0 Å². The molecule has 0 radical (unpaired) electrons. The van der Waals surface area contributed by atoms with Crippen LogP contribution in [-0.4, -0.2) is 42.6 Å². The Morgan fingerprint density at radius 1 is 1.10 bits per heavy atom. The maximum atomic E-state index is 10.9. The zero-order valence-electron chi connectivity index (χ0n) is 11.3. The average molecular weight is 278 g/mol. The molecule has 1 heterocycles. The molecule has 7 heteroatoms. The Morgan fingerprint density at radius 3 is 2.10 bits per heavy atom. The second-order valence-electron chi connectivity index (χ2n) is 3.89. The number of nitrogens with one attached hydrogen (secondary N) is 1. The smallest absolute Gasteiger partial charge is 0.353 e. The molecule has 0 saturated heterocycles. The second kappa shape index (κ2) is 5.52. The van der Waals surface area contributed by atoms with E-state index >= 15 is 0 Å². The Balaban J connectivity index is 2.53. The summed E-state index contributed by atoms with van der Waals surface area (Å²) in [5.41, 5.74) is 1.14. The molecule has 0 aliphatic rings. The number of nitrogens with zero attached hydrogens (tertiary/aromatic N) is 1. The maximum absolute atomic E-state index is 10.9. The highest BCUT2D eigenvalue weighted by Gasteiger charge is 2.16. The molecule has 0 unspecified atom stereocenters. The lowest BCUT2D eigenvalue weighted by atomic mass is 10.1. The van der Waals surface area contributed by atoms with E-state index < -0.39 is 5.97 Å². The van der Waals surface area contributed by atoms with Gasteiger partial charge in [-0.05, 0) is 18.2 Å². The summed E-state index contributed by atoms with van der Waals surface area (Å²) in [7, 11) is 4.53. The van der Waals surface area contributed by atoms with Crippen molar-refractivity contribution in [1.29, 1.82) is 0 Å². The highest BCUT2D eigenvalue weighted by Crippen LogP contribution is 2.40. The van der Waals surface area contributed by atoms with E-state index in [0.29, 0.717) is 28.5 Å². The van der Waals surface area contributed by atoms with E-state index in [0.717, 1.165) is 0 Å². The lowest BCUT2D eigenvalue weighted by molar-refractivity contribution is 0.0690. The van der Waals surface area contributed by atoms with Crippen LogP contribution in [0.1, 0.15) is 10.5 Å². The van der Waals surface area contributed by atoms with Gasteiger partial charge in [0.25, 0.3) is 0 Å². The topological polar surface area (TPSA) is 93.7 Å². The van der Waals surface area contributed by atoms with Crippen molar-refractivity contribution in [3.05, 3.63) is 23.9 Å². The third-order valence-electron chi connectivity index (χ3n) is 2.77. The van der Waals surface area contributed by atoms with E-state index in [-0.39, 0.29) is 5.69 Å².